The number of benzene rings is 2. The van der Waals surface area contributed by atoms with Crippen molar-refractivity contribution in [1.29, 1.82) is 0 Å². The van der Waals surface area contributed by atoms with Crippen molar-refractivity contribution in [3.8, 4) is 28.4 Å². The van der Waals surface area contributed by atoms with Gasteiger partial charge in [-0.3, -0.25) is 0 Å². The highest BCUT2D eigenvalue weighted by Gasteiger charge is 2.45. The molecule has 1 spiro atoms. The lowest BCUT2D eigenvalue weighted by Crippen LogP contribution is -2.42. The van der Waals surface area contributed by atoms with Gasteiger partial charge in [-0.2, -0.15) is 28.2 Å². The van der Waals surface area contributed by atoms with Crippen molar-refractivity contribution in [3.05, 3.63) is 71.8 Å². The van der Waals surface area contributed by atoms with Crippen LogP contribution >= 0.6 is 0 Å². The van der Waals surface area contributed by atoms with Crippen LogP contribution in [0.25, 0.3) is 16.8 Å². The number of ether oxygens (including phenoxy) is 2. The zero-order valence-electron chi connectivity index (χ0n) is 26.3. The van der Waals surface area contributed by atoms with Crippen LogP contribution in [0.5, 0.6) is 11.6 Å². The van der Waals surface area contributed by atoms with Crippen LogP contribution in [0.2, 0.25) is 0 Å². The first-order valence-electron chi connectivity index (χ1n) is 15.5. The van der Waals surface area contributed by atoms with E-state index in [4.69, 9.17) is 15.2 Å². The Morgan fingerprint density at radius 1 is 1.12 bits per heavy atom. The second-order valence-electron chi connectivity index (χ2n) is 12.2. The Labute approximate surface area is 273 Å². The normalized spacial score (nSPS) is 18.2. The standard InChI is InChI=1S/C33H35F4N7O4/c1-3-47-26-15-21(5-7-23(26)34)20-4-6-22(25(14-20)44-11-8-19(2)42-44)29(33(35,36)37)48-28-16-27(40-31(38)41-28)43-12-9-32(10-13-43)17-24(30(45)46)39-18-32/h4-8,11,14-16,24,29,39H,3,9-10,12-13,17-18H2,1-2H3,(H,45,46)(H2,38,40,41)/p-1/t24?,29-/m1/s1. The number of rotatable bonds is 9. The summed E-state index contributed by atoms with van der Waals surface area (Å²) in [6, 6.07) is 10.8. The summed E-state index contributed by atoms with van der Waals surface area (Å²) < 4.78 is 71.2. The Bertz CT molecular complexity index is 1810. The van der Waals surface area contributed by atoms with Gasteiger partial charge in [0.05, 0.1) is 24.0 Å². The number of anilines is 2. The van der Waals surface area contributed by atoms with E-state index in [1.807, 2.05) is 4.90 Å². The van der Waals surface area contributed by atoms with Gasteiger partial charge in [0.25, 0.3) is 0 Å². The fourth-order valence-electron chi connectivity index (χ4n) is 6.40. The van der Waals surface area contributed by atoms with E-state index in [0.29, 0.717) is 61.5 Å². The zero-order valence-corrected chi connectivity index (χ0v) is 26.3. The second-order valence-corrected chi connectivity index (χ2v) is 12.2. The van der Waals surface area contributed by atoms with E-state index in [1.54, 1.807) is 26.1 Å². The van der Waals surface area contributed by atoms with Crippen LogP contribution in [0.1, 0.15) is 43.5 Å². The van der Waals surface area contributed by atoms with Gasteiger partial charge in [0.2, 0.25) is 17.9 Å². The number of aromatic nitrogens is 4. The Balaban J connectivity index is 1.31. The fourth-order valence-corrected chi connectivity index (χ4v) is 6.40. The van der Waals surface area contributed by atoms with Crippen molar-refractivity contribution in [3.63, 3.8) is 0 Å². The monoisotopic (exact) mass is 668 g/mol. The quantitative estimate of drug-likeness (QED) is 0.250. The maximum absolute atomic E-state index is 14.9. The number of piperidine rings is 1. The summed E-state index contributed by atoms with van der Waals surface area (Å²) >= 11 is 0. The lowest BCUT2D eigenvalue weighted by atomic mass is 9.76. The molecule has 2 aromatic heterocycles. The van der Waals surface area contributed by atoms with Gasteiger partial charge < -0.3 is 35.3 Å². The van der Waals surface area contributed by atoms with Crippen molar-refractivity contribution < 1.29 is 36.9 Å². The number of carbonyl (C=O) groups is 1. The summed E-state index contributed by atoms with van der Waals surface area (Å²) in [4.78, 5) is 21.5. The van der Waals surface area contributed by atoms with E-state index in [9.17, 15) is 27.5 Å². The van der Waals surface area contributed by atoms with Gasteiger partial charge >= 0.3 is 6.18 Å². The molecular weight excluding hydrogens is 634 g/mol. The number of nitrogens with two attached hydrogens (primary N) is 1. The minimum atomic E-state index is -4.89. The third-order valence-corrected chi connectivity index (χ3v) is 8.88. The molecule has 15 heteroatoms. The number of nitrogens with zero attached hydrogens (tertiary/aromatic N) is 5. The first-order valence-corrected chi connectivity index (χ1v) is 15.5. The van der Waals surface area contributed by atoms with Gasteiger partial charge in [0, 0.05) is 43.5 Å². The summed E-state index contributed by atoms with van der Waals surface area (Å²) in [6.45, 7) is 5.18. The van der Waals surface area contributed by atoms with Gasteiger partial charge in [0.15, 0.2) is 11.6 Å². The molecule has 3 N–H and O–H groups in total. The van der Waals surface area contributed by atoms with E-state index < -0.39 is 30.1 Å². The summed E-state index contributed by atoms with van der Waals surface area (Å²) in [7, 11) is 0. The highest BCUT2D eigenvalue weighted by molar-refractivity contribution is 5.72. The highest BCUT2D eigenvalue weighted by Crippen LogP contribution is 2.43. The average Bonchev–Trinajstić information content (AvgIpc) is 3.67. The number of hydrogen-bond donors (Lipinski definition) is 2. The third-order valence-electron chi connectivity index (χ3n) is 8.88. The molecular formula is C33H34F4N7O4-. The topological polar surface area (TPSA) is 143 Å². The summed E-state index contributed by atoms with van der Waals surface area (Å²) in [6.07, 6.45) is -4.08. The molecule has 2 fully saturated rings. The third kappa shape index (κ3) is 6.86. The van der Waals surface area contributed by atoms with Crippen LogP contribution in [-0.2, 0) is 4.79 Å². The van der Waals surface area contributed by atoms with Crippen molar-refractivity contribution in [1.82, 2.24) is 25.1 Å². The number of carbonyl (C=O) groups excluding carboxylic acids is 1. The predicted octanol–water partition coefficient (Wildman–Crippen LogP) is 4.14. The Morgan fingerprint density at radius 2 is 1.85 bits per heavy atom. The van der Waals surface area contributed by atoms with E-state index in [-0.39, 0.29) is 40.9 Å². The first kappa shape index (κ1) is 33.0. The lowest BCUT2D eigenvalue weighted by molar-refractivity contribution is -0.308. The first-order chi connectivity index (χ1) is 22.8. The van der Waals surface area contributed by atoms with E-state index >= 15 is 0 Å². The molecule has 4 heterocycles. The number of aryl methyl sites for hydroxylation is 1. The minimum absolute atomic E-state index is 0.0229. The Hall–Kier alpha value is -4.92. The summed E-state index contributed by atoms with van der Waals surface area (Å²) in [5.74, 6) is -2.00. The molecule has 6 rings (SSSR count). The SMILES string of the molecule is CCOc1cc(-c2ccc([C@@H](Oc3cc(N4CCC5(CC4)CNC(C(=O)[O-])C5)nc(N)n3)C(F)(F)F)c(-n3ccc(C)n3)c2)ccc1F. The maximum atomic E-state index is 14.9. The molecule has 2 aliphatic heterocycles. The minimum Gasteiger partial charge on any atom is -0.548 e. The molecule has 0 amide bonds. The number of alkyl halides is 3. The van der Waals surface area contributed by atoms with E-state index in [1.165, 1.54) is 47.1 Å². The summed E-state index contributed by atoms with van der Waals surface area (Å²) in [5.41, 5.74) is 7.21. The molecule has 0 aliphatic carbocycles. The van der Waals surface area contributed by atoms with Gasteiger partial charge in [-0.25, -0.2) is 9.07 Å². The molecule has 4 aromatic rings. The number of aliphatic carboxylic acids is 1. The molecule has 0 radical (unpaired) electrons. The molecule has 2 aromatic carbocycles. The number of nitrogen functional groups attached to an aromatic ring is 1. The molecule has 2 atom stereocenters. The number of nitrogens with one attached hydrogen (secondary N) is 1. The molecule has 2 saturated heterocycles. The number of halogens is 4. The van der Waals surface area contributed by atoms with Crippen LogP contribution in [0.4, 0.5) is 29.3 Å². The van der Waals surface area contributed by atoms with Gasteiger partial charge in [-0.05, 0) is 73.9 Å². The molecule has 2 aliphatic rings. The molecule has 254 valence electrons. The van der Waals surface area contributed by atoms with Gasteiger partial charge in [-0.1, -0.05) is 18.2 Å². The van der Waals surface area contributed by atoms with Crippen LogP contribution in [0.3, 0.4) is 0 Å². The van der Waals surface area contributed by atoms with Crippen molar-refractivity contribution in [2.45, 2.75) is 51.4 Å². The fraction of sp³-hybridized carbons (Fsp3) is 0.394. The molecule has 0 bridgehead atoms. The molecule has 0 saturated carbocycles. The number of carboxylic acid groups (broad SMARTS) is 1. The molecule has 11 nitrogen and oxygen atoms in total. The molecule has 1 unspecified atom stereocenters. The van der Waals surface area contributed by atoms with Gasteiger partial charge in [-0.15, -0.1) is 0 Å². The van der Waals surface area contributed by atoms with Crippen LogP contribution in [0.15, 0.2) is 54.7 Å². The number of carboxylic acids is 1. The van der Waals surface area contributed by atoms with Crippen LogP contribution in [-0.4, -0.2) is 64.2 Å². The van der Waals surface area contributed by atoms with Crippen molar-refractivity contribution in [2.24, 2.45) is 5.41 Å². The van der Waals surface area contributed by atoms with Crippen molar-refractivity contribution >= 4 is 17.7 Å². The Kier molecular flexibility index (Phi) is 8.90. The van der Waals surface area contributed by atoms with Gasteiger partial charge in [0.1, 0.15) is 5.82 Å². The summed E-state index contributed by atoms with van der Waals surface area (Å²) in [5, 5.41) is 18.7. The average molecular weight is 669 g/mol. The van der Waals surface area contributed by atoms with Crippen molar-refractivity contribution in [2.75, 3.05) is 36.9 Å². The second kappa shape index (κ2) is 12.9. The largest absolute Gasteiger partial charge is 0.548 e. The van der Waals surface area contributed by atoms with E-state index in [2.05, 4.69) is 20.4 Å². The maximum Gasteiger partial charge on any atom is 0.429 e. The van der Waals surface area contributed by atoms with Crippen LogP contribution in [0, 0.1) is 18.2 Å². The lowest BCUT2D eigenvalue weighted by Gasteiger charge is -2.39. The number of hydrogen-bond acceptors (Lipinski definition) is 10. The smallest absolute Gasteiger partial charge is 0.429 e. The predicted molar refractivity (Wildman–Crippen MR) is 166 cm³/mol. The van der Waals surface area contributed by atoms with E-state index in [0.717, 1.165) is 0 Å². The zero-order chi connectivity index (χ0) is 34.2. The Morgan fingerprint density at radius 3 is 2.50 bits per heavy atom. The highest BCUT2D eigenvalue weighted by atomic mass is 19.4. The molecule has 48 heavy (non-hydrogen) atoms. The van der Waals surface area contributed by atoms with Crippen LogP contribution < -0.4 is 30.5 Å².